The third kappa shape index (κ3) is 3.74. The average Bonchev–Trinajstić information content (AvgIpc) is 1.83. The van der Waals surface area contributed by atoms with Gasteiger partial charge in [0.15, 0.2) is 0 Å². The van der Waals surface area contributed by atoms with E-state index in [0.29, 0.717) is 12.4 Å². The van der Waals surface area contributed by atoms with Crippen LogP contribution >= 0.6 is 11.6 Å². The molecule has 0 bridgehead atoms. The zero-order valence-corrected chi connectivity index (χ0v) is 5.46. The Hall–Kier alpha value is -0.440. The largest absolute Gasteiger partial charge is 0.341 e. The van der Waals surface area contributed by atoms with E-state index < -0.39 is 0 Å². The van der Waals surface area contributed by atoms with Gasteiger partial charge < -0.3 is 10.6 Å². The lowest BCUT2D eigenvalue weighted by Crippen LogP contribution is -2.33. The van der Waals surface area contributed by atoms with Gasteiger partial charge in [-0.1, -0.05) is 0 Å². The van der Waals surface area contributed by atoms with Gasteiger partial charge >= 0.3 is 6.03 Å². The van der Waals surface area contributed by atoms with Gasteiger partial charge in [-0.3, -0.25) is 0 Å². The molecule has 0 aromatic rings. The number of nitrogens with one attached hydrogen (secondary N) is 2. The number of urea groups is 1. The molecule has 0 radical (unpaired) electrons. The summed E-state index contributed by atoms with van der Waals surface area (Å²) in [7, 11) is 1.56. The number of halogens is 1. The summed E-state index contributed by atoms with van der Waals surface area (Å²) < 4.78 is 0. The molecule has 2 amide bonds. The Labute approximate surface area is 53.4 Å². The lowest BCUT2D eigenvalue weighted by molar-refractivity contribution is 0.243. The maximum atomic E-state index is 10.3. The van der Waals surface area contributed by atoms with Crippen molar-refractivity contribution in [1.82, 2.24) is 10.6 Å². The van der Waals surface area contributed by atoms with Gasteiger partial charge in [-0.05, 0) is 0 Å². The maximum Gasteiger partial charge on any atom is 0.314 e. The predicted molar refractivity (Wildman–Crippen MR) is 33.2 cm³/mol. The van der Waals surface area contributed by atoms with Crippen LogP contribution in [-0.2, 0) is 0 Å². The van der Waals surface area contributed by atoms with Crippen LogP contribution in [0.3, 0.4) is 0 Å². The first-order valence-electron chi connectivity index (χ1n) is 2.32. The lowest BCUT2D eigenvalue weighted by atomic mass is 10.7. The van der Waals surface area contributed by atoms with E-state index in [0.717, 1.165) is 0 Å². The Bertz CT molecular complexity index is 76.4. The average molecular weight is 137 g/mol. The monoisotopic (exact) mass is 136 g/mol. The molecule has 4 heteroatoms. The number of carbonyl (C=O) groups is 1. The van der Waals surface area contributed by atoms with Crippen molar-refractivity contribution in [3.05, 3.63) is 0 Å². The molecule has 0 aliphatic carbocycles. The molecule has 0 aliphatic heterocycles. The fourth-order valence-corrected chi connectivity index (χ4v) is 0.344. The van der Waals surface area contributed by atoms with Gasteiger partial charge in [-0.15, -0.1) is 11.6 Å². The van der Waals surface area contributed by atoms with Crippen LogP contribution in [0, 0.1) is 0 Å². The second kappa shape index (κ2) is 4.71. The topological polar surface area (TPSA) is 41.1 Å². The molecule has 0 heterocycles. The van der Waals surface area contributed by atoms with E-state index in [9.17, 15) is 4.79 Å². The number of hydrogen-bond donors (Lipinski definition) is 2. The van der Waals surface area contributed by atoms with Crippen LogP contribution < -0.4 is 10.6 Å². The molecular weight excluding hydrogens is 128 g/mol. The van der Waals surface area contributed by atoms with Crippen molar-refractivity contribution in [2.45, 2.75) is 0 Å². The normalized spacial score (nSPS) is 8.25. The van der Waals surface area contributed by atoms with Crippen molar-refractivity contribution in [3.63, 3.8) is 0 Å². The number of hydrogen-bond acceptors (Lipinski definition) is 1. The zero-order valence-electron chi connectivity index (χ0n) is 4.70. The standard InChI is InChI=1S/C4H9ClN2O/c1-6-4(8)7-3-2-5/h2-3H2,1H3,(H2,6,7,8). The van der Waals surface area contributed by atoms with Crippen molar-refractivity contribution in [2.75, 3.05) is 19.5 Å². The fraction of sp³-hybridized carbons (Fsp3) is 0.750. The first-order chi connectivity index (χ1) is 3.81. The maximum absolute atomic E-state index is 10.3. The third-order valence-corrected chi connectivity index (χ3v) is 0.796. The van der Waals surface area contributed by atoms with Gasteiger partial charge in [0, 0.05) is 19.5 Å². The van der Waals surface area contributed by atoms with Gasteiger partial charge in [0.1, 0.15) is 0 Å². The molecule has 2 N–H and O–H groups in total. The smallest absolute Gasteiger partial charge is 0.314 e. The molecule has 48 valence electrons. The minimum Gasteiger partial charge on any atom is -0.341 e. The summed E-state index contributed by atoms with van der Waals surface area (Å²) in [5.41, 5.74) is 0. The highest BCUT2D eigenvalue weighted by atomic mass is 35.5. The molecule has 0 fully saturated rings. The number of rotatable bonds is 2. The number of amides is 2. The van der Waals surface area contributed by atoms with Gasteiger partial charge in [-0.25, -0.2) is 4.79 Å². The van der Waals surface area contributed by atoms with E-state index in [2.05, 4.69) is 10.6 Å². The summed E-state index contributed by atoms with van der Waals surface area (Å²) in [6.45, 7) is 0.515. The van der Waals surface area contributed by atoms with Gasteiger partial charge in [0.2, 0.25) is 0 Å². The molecule has 0 atom stereocenters. The highest BCUT2D eigenvalue weighted by molar-refractivity contribution is 6.18. The molecule has 0 aromatic carbocycles. The number of alkyl halides is 1. The molecule has 0 unspecified atom stereocenters. The van der Waals surface area contributed by atoms with Crippen LogP contribution in [0.4, 0.5) is 4.79 Å². The molecule has 0 rings (SSSR count). The molecule has 0 spiro atoms. The fourth-order valence-electron chi connectivity index (χ4n) is 0.249. The molecule has 0 aromatic heterocycles. The summed E-state index contributed by atoms with van der Waals surface area (Å²) in [5, 5.41) is 4.89. The minimum absolute atomic E-state index is 0.189. The van der Waals surface area contributed by atoms with Crippen molar-refractivity contribution in [3.8, 4) is 0 Å². The van der Waals surface area contributed by atoms with Crippen molar-refractivity contribution in [1.29, 1.82) is 0 Å². The van der Waals surface area contributed by atoms with Crippen LogP contribution in [0.5, 0.6) is 0 Å². The highest BCUT2D eigenvalue weighted by Crippen LogP contribution is 1.68. The highest BCUT2D eigenvalue weighted by Gasteiger charge is 1.89. The first-order valence-corrected chi connectivity index (χ1v) is 2.86. The van der Waals surface area contributed by atoms with E-state index in [1.165, 1.54) is 0 Å². The summed E-state index contributed by atoms with van der Waals surface area (Å²) >= 11 is 5.26. The summed E-state index contributed by atoms with van der Waals surface area (Å²) in [6.07, 6.45) is 0. The summed E-state index contributed by atoms with van der Waals surface area (Å²) in [5.74, 6) is 0.452. The Kier molecular flexibility index (Phi) is 4.45. The summed E-state index contributed by atoms with van der Waals surface area (Å²) in [6, 6.07) is -0.189. The third-order valence-electron chi connectivity index (χ3n) is 0.607. The van der Waals surface area contributed by atoms with Crippen molar-refractivity contribution < 1.29 is 4.79 Å². The van der Waals surface area contributed by atoms with E-state index in [4.69, 9.17) is 11.6 Å². The molecular formula is C4H9ClN2O. The lowest BCUT2D eigenvalue weighted by Gasteiger charge is -1.98. The van der Waals surface area contributed by atoms with E-state index in [1.54, 1.807) is 7.05 Å². The minimum atomic E-state index is -0.189. The zero-order chi connectivity index (χ0) is 6.41. The van der Waals surface area contributed by atoms with E-state index in [-0.39, 0.29) is 6.03 Å². The molecule has 0 aliphatic rings. The second-order valence-corrected chi connectivity index (χ2v) is 1.57. The predicted octanol–water partition coefficient (Wildman–Crippen LogP) is 0.154. The van der Waals surface area contributed by atoms with Crippen LogP contribution in [0.25, 0.3) is 0 Å². The van der Waals surface area contributed by atoms with Crippen molar-refractivity contribution >= 4 is 17.6 Å². The molecule has 3 nitrogen and oxygen atoms in total. The SMILES string of the molecule is CNC(=O)NCCCl. The van der Waals surface area contributed by atoms with Gasteiger partial charge in [0.05, 0.1) is 0 Å². The molecule has 0 saturated heterocycles. The molecule has 0 saturated carbocycles. The summed E-state index contributed by atoms with van der Waals surface area (Å²) in [4.78, 5) is 10.3. The van der Waals surface area contributed by atoms with Gasteiger partial charge in [0.25, 0.3) is 0 Å². The Balaban J connectivity index is 2.99. The quantitative estimate of drug-likeness (QED) is 0.522. The van der Waals surface area contributed by atoms with Gasteiger partial charge in [-0.2, -0.15) is 0 Å². The van der Waals surface area contributed by atoms with Crippen LogP contribution in [0.2, 0.25) is 0 Å². The van der Waals surface area contributed by atoms with Crippen LogP contribution in [0.1, 0.15) is 0 Å². The number of carbonyl (C=O) groups excluding carboxylic acids is 1. The first kappa shape index (κ1) is 7.56. The van der Waals surface area contributed by atoms with Crippen LogP contribution in [-0.4, -0.2) is 25.5 Å². The Morgan fingerprint density at radius 3 is 2.75 bits per heavy atom. The Morgan fingerprint density at radius 2 is 2.38 bits per heavy atom. The Morgan fingerprint density at radius 1 is 1.75 bits per heavy atom. The van der Waals surface area contributed by atoms with Crippen molar-refractivity contribution in [2.24, 2.45) is 0 Å². The van der Waals surface area contributed by atoms with Crippen LogP contribution in [0.15, 0.2) is 0 Å². The second-order valence-electron chi connectivity index (χ2n) is 1.19. The molecule has 8 heavy (non-hydrogen) atoms. The van der Waals surface area contributed by atoms with E-state index >= 15 is 0 Å². The van der Waals surface area contributed by atoms with E-state index in [1.807, 2.05) is 0 Å².